The molecule has 0 unspecified atom stereocenters. The minimum Gasteiger partial charge on any atom is -0.496 e. The van der Waals surface area contributed by atoms with Crippen LogP contribution in [0.25, 0.3) is 0 Å². The lowest BCUT2D eigenvalue weighted by Crippen LogP contribution is -2.75. The number of fused-ring (bicyclic) bond motifs is 1. The van der Waals surface area contributed by atoms with Crippen LogP contribution in [-0.2, 0) is 5.66 Å². The van der Waals surface area contributed by atoms with Gasteiger partial charge in [0.05, 0.1) is 7.11 Å². The molecule has 24 heavy (non-hydrogen) atoms. The molecule has 0 radical (unpaired) electrons. The van der Waals surface area contributed by atoms with Gasteiger partial charge in [-0.2, -0.15) is 0 Å². The Kier molecular flexibility index (Phi) is 3.81. The van der Waals surface area contributed by atoms with Gasteiger partial charge in [-0.15, -0.1) is 0 Å². The second-order valence-electron chi connectivity index (χ2n) is 6.57. The van der Waals surface area contributed by atoms with Crippen LogP contribution >= 0.6 is 0 Å². The number of para-hydroxylation sites is 1. The van der Waals surface area contributed by atoms with Crippen LogP contribution in [0, 0.1) is 5.92 Å². The Morgan fingerprint density at radius 1 is 0.958 bits per heavy atom. The molecule has 2 heterocycles. The van der Waals surface area contributed by atoms with Crippen LogP contribution in [0.3, 0.4) is 0 Å². The van der Waals surface area contributed by atoms with Crippen LogP contribution < -0.4 is 4.74 Å². The Morgan fingerprint density at radius 2 is 1.46 bits per heavy atom. The maximum Gasteiger partial charge on any atom is 0.321 e. The molecule has 1 aromatic rings. The van der Waals surface area contributed by atoms with Gasteiger partial charge in [-0.05, 0) is 6.07 Å². The van der Waals surface area contributed by atoms with Crippen LogP contribution in [-0.4, -0.2) is 80.1 Å². The summed E-state index contributed by atoms with van der Waals surface area (Å²) in [6.45, 7) is 1.15. The molecular formula is C17H24N4O3. The average Bonchev–Trinajstić information content (AvgIpc) is 2.58. The highest BCUT2D eigenvalue weighted by atomic mass is 16.5. The number of hydrogen-bond acceptors (Lipinski definition) is 3. The predicted octanol–water partition coefficient (Wildman–Crippen LogP) is 1.46. The predicted molar refractivity (Wildman–Crippen MR) is 89.7 cm³/mol. The van der Waals surface area contributed by atoms with Gasteiger partial charge in [-0.1, -0.05) is 18.2 Å². The van der Waals surface area contributed by atoms with Crippen molar-refractivity contribution in [2.45, 2.75) is 5.66 Å². The van der Waals surface area contributed by atoms with E-state index in [-0.39, 0.29) is 18.0 Å². The van der Waals surface area contributed by atoms with Gasteiger partial charge in [-0.25, -0.2) is 9.59 Å². The van der Waals surface area contributed by atoms with Gasteiger partial charge in [-0.3, -0.25) is 9.80 Å². The van der Waals surface area contributed by atoms with Gasteiger partial charge < -0.3 is 14.5 Å². The number of benzene rings is 1. The van der Waals surface area contributed by atoms with Gasteiger partial charge >= 0.3 is 12.1 Å². The highest BCUT2D eigenvalue weighted by Gasteiger charge is 2.59. The molecule has 2 aliphatic rings. The molecule has 0 N–H and O–H groups in total. The number of carbonyl (C=O) groups excluding carboxylic acids is 2. The van der Waals surface area contributed by atoms with E-state index in [0.29, 0.717) is 18.8 Å². The largest absolute Gasteiger partial charge is 0.496 e. The first-order valence-corrected chi connectivity index (χ1v) is 7.97. The van der Waals surface area contributed by atoms with Crippen molar-refractivity contribution in [2.75, 3.05) is 48.4 Å². The van der Waals surface area contributed by atoms with Crippen molar-refractivity contribution in [1.82, 2.24) is 19.6 Å². The maximum atomic E-state index is 12.8. The Balaban J connectivity index is 2.26. The number of urea groups is 2. The van der Waals surface area contributed by atoms with E-state index in [4.69, 9.17) is 4.74 Å². The third-order valence-corrected chi connectivity index (χ3v) is 5.31. The third kappa shape index (κ3) is 1.96. The second-order valence-corrected chi connectivity index (χ2v) is 6.57. The molecular weight excluding hydrogens is 308 g/mol. The van der Waals surface area contributed by atoms with E-state index in [1.807, 2.05) is 24.3 Å². The number of methoxy groups -OCH3 is 1. The van der Waals surface area contributed by atoms with Crippen LogP contribution in [0.1, 0.15) is 5.56 Å². The maximum absolute atomic E-state index is 12.8. The molecule has 0 saturated carbocycles. The van der Waals surface area contributed by atoms with Crippen molar-refractivity contribution < 1.29 is 14.3 Å². The van der Waals surface area contributed by atoms with Crippen molar-refractivity contribution in [3.63, 3.8) is 0 Å². The first-order chi connectivity index (χ1) is 11.4. The molecule has 4 amide bonds. The first kappa shape index (κ1) is 16.4. The van der Waals surface area contributed by atoms with Crippen LogP contribution in [0.4, 0.5) is 9.59 Å². The minimum atomic E-state index is -0.861. The Labute approximate surface area is 142 Å². The zero-order chi connectivity index (χ0) is 17.6. The van der Waals surface area contributed by atoms with E-state index in [2.05, 4.69) is 0 Å². The molecule has 1 aromatic carbocycles. The summed E-state index contributed by atoms with van der Waals surface area (Å²) in [5, 5.41) is 0. The second kappa shape index (κ2) is 5.58. The molecule has 0 spiro atoms. The van der Waals surface area contributed by atoms with Gasteiger partial charge in [0, 0.05) is 52.8 Å². The Hall–Kier alpha value is -2.44. The van der Waals surface area contributed by atoms with E-state index < -0.39 is 5.66 Å². The van der Waals surface area contributed by atoms with Gasteiger partial charge in [0.15, 0.2) is 5.66 Å². The zero-order valence-electron chi connectivity index (χ0n) is 14.8. The zero-order valence-corrected chi connectivity index (χ0v) is 14.8. The normalized spacial score (nSPS) is 27.5. The summed E-state index contributed by atoms with van der Waals surface area (Å²) < 4.78 is 5.56. The molecule has 0 aliphatic carbocycles. The Bertz CT molecular complexity index is 648. The van der Waals surface area contributed by atoms with Crippen LogP contribution in [0.2, 0.25) is 0 Å². The van der Waals surface area contributed by atoms with E-state index in [0.717, 1.165) is 5.56 Å². The molecule has 7 nitrogen and oxygen atoms in total. The molecule has 0 atom stereocenters. The monoisotopic (exact) mass is 332 g/mol. The minimum absolute atomic E-state index is 0.0363. The summed E-state index contributed by atoms with van der Waals surface area (Å²) in [6.07, 6.45) is 0. The van der Waals surface area contributed by atoms with Crippen molar-refractivity contribution in [3.8, 4) is 5.75 Å². The summed E-state index contributed by atoms with van der Waals surface area (Å²) in [7, 11) is 8.71. The molecule has 0 bridgehead atoms. The van der Waals surface area contributed by atoms with Crippen molar-refractivity contribution in [2.24, 2.45) is 5.92 Å². The van der Waals surface area contributed by atoms with E-state index in [1.54, 1.807) is 54.9 Å². The van der Waals surface area contributed by atoms with Gasteiger partial charge in [0.1, 0.15) is 5.75 Å². The fourth-order valence-corrected chi connectivity index (χ4v) is 4.24. The SMILES string of the molecule is COc1ccccc1C12C(CN(C)C(=O)N1C)CN(C)C(=O)N2C. The Morgan fingerprint density at radius 3 is 1.96 bits per heavy atom. The molecule has 2 saturated heterocycles. The molecule has 2 fully saturated rings. The lowest BCUT2D eigenvalue weighted by atomic mass is 9.79. The lowest BCUT2D eigenvalue weighted by molar-refractivity contribution is -0.102. The molecule has 2 aliphatic heterocycles. The number of ether oxygens (including phenoxy) is 1. The smallest absolute Gasteiger partial charge is 0.321 e. The highest BCUT2D eigenvalue weighted by Crippen LogP contribution is 2.47. The molecule has 0 aromatic heterocycles. The number of rotatable bonds is 2. The fourth-order valence-electron chi connectivity index (χ4n) is 4.24. The standard InChI is InChI=1S/C17H24N4O3/c1-18-10-12-11-19(2)16(23)21(4)17(12,20(3)15(18)22)13-8-6-7-9-14(13)24-5/h6-9,12H,10-11H2,1-5H3. The number of amides is 4. The number of carbonyl (C=O) groups is 2. The fraction of sp³-hybridized carbons (Fsp3) is 0.529. The summed E-state index contributed by atoms with van der Waals surface area (Å²) >= 11 is 0. The first-order valence-electron chi connectivity index (χ1n) is 7.97. The van der Waals surface area contributed by atoms with Crippen LogP contribution in [0.5, 0.6) is 5.75 Å². The summed E-state index contributed by atoms with van der Waals surface area (Å²) in [5.74, 6) is 0.713. The van der Waals surface area contributed by atoms with E-state index in [9.17, 15) is 9.59 Å². The van der Waals surface area contributed by atoms with Gasteiger partial charge in [0.2, 0.25) is 0 Å². The molecule has 130 valence electrons. The number of nitrogens with zero attached hydrogens (tertiary/aromatic N) is 4. The van der Waals surface area contributed by atoms with E-state index >= 15 is 0 Å². The topological polar surface area (TPSA) is 56.3 Å². The highest BCUT2D eigenvalue weighted by molar-refractivity contribution is 5.81. The van der Waals surface area contributed by atoms with E-state index in [1.165, 1.54) is 0 Å². The molecule has 7 heteroatoms. The van der Waals surface area contributed by atoms with Crippen molar-refractivity contribution in [3.05, 3.63) is 29.8 Å². The summed E-state index contributed by atoms with van der Waals surface area (Å²) in [4.78, 5) is 32.3. The lowest BCUT2D eigenvalue weighted by Gasteiger charge is -2.60. The molecule has 3 rings (SSSR count). The quantitative estimate of drug-likeness (QED) is 0.824. The number of hydrogen-bond donors (Lipinski definition) is 0. The van der Waals surface area contributed by atoms with Crippen molar-refractivity contribution in [1.29, 1.82) is 0 Å². The average molecular weight is 332 g/mol. The van der Waals surface area contributed by atoms with Crippen molar-refractivity contribution >= 4 is 12.1 Å². The third-order valence-electron chi connectivity index (χ3n) is 5.31. The van der Waals surface area contributed by atoms with Crippen LogP contribution in [0.15, 0.2) is 24.3 Å². The van der Waals surface area contributed by atoms with Gasteiger partial charge in [0.25, 0.3) is 0 Å². The summed E-state index contributed by atoms with van der Waals surface area (Å²) in [5.41, 5.74) is -0.0230. The summed E-state index contributed by atoms with van der Waals surface area (Å²) in [6, 6.07) is 7.39.